The number of benzene rings is 2. The van der Waals surface area contributed by atoms with E-state index >= 15 is 0 Å². The van der Waals surface area contributed by atoms with Gasteiger partial charge in [0.1, 0.15) is 11.3 Å². The molecule has 2 N–H and O–H groups in total. The minimum Gasteiger partial charge on any atom is -0.507 e. The number of carbonyl (C=O) groups is 3. The summed E-state index contributed by atoms with van der Waals surface area (Å²) >= 11 is 6.46. The Balaban J connectivity index is 2.01. The molecule has 0 atom stereocenters. The number of hydrogen-bond donors (Lipinski definition) is 2. The molecule has 1 saturated heterocycles. The molecule has 2 aromatic carbocycles. The average molecular weight is 466 g/mol. The van der Waals surface area contributed by atoms with Crippen LogP contribution >= 0.6 is 31.9 Å². The number of nitrogens with one attached hydrogen (secondary N) is 1. The standard InChI is InChI=1S/C17H10Br2N2O4/c18-10-2-4-11(5-3-10)21-16(24)12(15(23)20-17(21)25)7-9-1-6-14(22)13(19)8-9/h1-8,22H,(H,20,23,25). The summed E-state index contributed by atoms with van der Waals surface area (Å²) in [7, 11) is 0. The second-order valence-electron chi connectivity index (χ2n) is 5.15. The predicted octanol–water partition coefficient (Wildman–Crippen LogP) is 3.58. The quantitative estimate of drug-likeness (QED) is 0.524. The molecular formula is C17H10Br2N2O4. The molecule has 0 saturated carbocycles. The van der Waals surface area contributed by atoms with Gasteiger partial charge in [-0.2, -0.15) is 0 Å². The molecule has 126 valence electrons. The Morgan fingerprint density at radius 2 is 1.68 bits per heavy atom. The number of aromatic hydroxyl groups is 1. The fourth-order valence-electron chi connectivity index (χ4n) is 2.26. The fourth-order valence-corrected chi connectivity index (χ4v) is 2.92. The van der Waals surface area contributed by atoms with Gasteiger partial charge in [0, 0.05) is 4.47 Å². The minimum atomic E-state index is -0.804. The highest BCUT2D eigenvalue weighted by Crippen LogP contribution is 2.27. The molecule has 0 spiro atoms. The Kier molecular flexibility index (Phi) is 4.73. The first kappa shape index (κ1) is 17.4. The largest absolute Gasteiger partial charge is 0.507 e. The lowest BCUT2D eigenvalue weighted by molar-refractivity contribution is -0.122. The van der Waals surface area contributed by atoms with Crippen molar-refractivity contribution in [2.24, 2.45) is 0 Å². The van der Waals surface area contributed by atoms with Gasteiger partial charge in [-0.25, -0.2) is 9.69 Å². The Labute approximate surface area is 159 Å². The van der Waals surface area contributed by atoms with Crippen LogP contribution in [0, 0.1) is 0 Å². The van der Waals surface area contributed by atoms with Crippen molar-refractivity contribution in [3.05, 3.63) is 62.5 Å². The first-order valence-electron chi connectivity index (χ1n) is 7.02. The van der Waals surface area contributed by atoms with E-state index in [0.717, 1.165) is 9.37 Å². The van der Waals surface area contributed by atoms with Crippen LogP contribution in [-0.2, 0) is 9.59 Å². The molecule has 0 radical (unpaired) electrons. The van der Waals surface area contributed by atoms with Crippen LogP contribution in [0.2, 0.25) is 0 Å². The molecule has 0 bridgehead atoms. The number of carbonyl (C=O) groups excluding carboxylic acids is 3. The molecule has 3 rings (SSSR count). The van der Waals surface area contributed by atoms with Gasteiger partial charge in [0.25, 0.3) is 11.8 Å². The Morgan fingerprint density at radius 1 is 1.00 bits per heavy atom. The van der Waals surface area contributed by atoms with E-state index in [1.807, 2.05) is 0 Å². The third-order valence-corrected chi connectivity index (χ3v) is 4.63. The van der Waals surface area contributed by atoms with Crippen molar-refractivity contribution in [1.29, 1.82) is 0 Å². The maximum atomic E-state index is 12.7. The Morgan fingerprint density at radius 3 is 2.32 bits per heavy atom. The maximum absolute atomic E-state index is 12.7. The van der Waals surface area contributed by atoms with E-state index in [0.29, 0.717) is 15.7 Å². The van der Waals surface area contributed by atoms with Crippen LogP contribution in [0.15, 0.2) is 57.0 Å². The molecule has 1 aliphatic heterocycles. The summed E-state index contributed by atoms with van der Waals surface area (Å²) in [6.45, 7) is 0. The van der Waals surface area contributed by atoms with Gasteiger partial charge >= 0.3 is 6.03 Å². The normalized spacial score (nSPS) is 16.3. The van der Waals surface area contributed by atoms with Gasteiger partial charge in [-0.15, -0.1) is 0 Å². The second kappa shape index (κ2) is 6.81. The molecular weight excluding hydrogens is 456 g/mol. The van der Waals surface area contributed by atoms with Crippen LogP contribution in [0.1, 0.15) is 5.56 Å². The number of hydrogen-bond acceptors (Lipinski definition) is 4. The molecule has 0 aliphatic carbocycles. The lowest BCUT2D eigenvalue weighted by Crippen LogP contribution is -2.54. The van der Waals surface area contributed by atoms with Crippen molar-refractivity contribution in [2.75, 3.05) is 4.90 Å². The number of urea groups is 1. The summed E-state index contributed by atoms with van der Waals surface area (Å²) < 4.78 is 1.22. The van der Waals surface area contributed by atoms with E-state index in [1.54, 1.807) is 36.4 Å². The van der Waals surface area contributed by atoms with Crippen LogP contribution in [-0.4, -0.2) is 23.0 Å². The molecule has 4 amide bonds. The maximum Gasteiger partial charge on any atom is 0.335 e. The summed E-state index contributed by atoms with van der Waals surface area (Å²) in [4.78, 5) is 37.8. The smallest absolute Gasteiger partial charge is 0.335 e. The van der Waals surface area contributed by atoms with E-state index in [-0.39, 0.29) is 11.3 Å². The third kappa shape index (κ3) is 3.49. The van der Waals surface area contributed by atoms with Crippen LogP contribution in [0.5, 0.6) is 5.75 Å². The zero-order chi connectivity index (χ0) is 18.1. The van der Waals surface area contributed by atoms with Gasteiger partial charge in [0.05, 0.1) is 10.2 Å². The van der Waals surface area contributed by atoms with Crippen molar-refractivity contribution in [3.8, 4) is 5.75 Å². The Hall–Kier alpha value is -2.45. The fraction of sp³-hybridized carbons (Fsp3) is 0. The van der Waals surface area contributed by atoms with E-state index in [4.69, 9.17) is 0 Å². The number of barbiturate groups is 1. The van der Waals surface area contributed by atoms with Crippen molar-refractivity contribution >= 4 is 61.5 Å². The second-order valence-corrected chi connectivity index (χ2v) is 6.92. The summed E-state index contributed by atoms with van der Waals surface area (Å²) in [6, 6.07) is 10.3. The molecule has 1 fully saturated rings. The molecule has 0 unspecified atom stereocenters. The molecule has 0 aromatic heterocycles. The first-order valence-corrected chi connectivity index (χ1v) is 8.61. The van der Waals surface area contributed by atoms with Gasteiger partial charge in [0.15, 0.2) is 0 Å². The molecule has 8 heteroatoms. The van der Waals surface area contributed by atoms with Crippen molar-refractivity contribution in [2.45, 2.75) is 0 Å². The lowest BCUT2D eigenvalue weighted by Gasteiger charge is -2.26. The number of phenolic OH excluding ortho intramolecular Hbond substituents is 1. The zero-order valence-electron chi connectivity index (χ0n) is 12.5. The molecule has 1 heterocycles. The summed E-state index contributed by atoms with van der Waals surface area (Å²) in [5, 5.41) is 11.7. The molecule has 6 nitrogen and oxygen atoms in total. The van der Waals surface area contributed by atoms with E-state index < -0.39 is 17.8 Å². The highest BCUT2D eigenvalue weighted by atomic mass is 79.9. The van der Waals surface area contributed by atoms with Gasteiger partial charge in [-0.05, 0) is 64.0 Å². The number of phenols is 1. The van der Waals surface area contributed by atoms with Crippen LogP contribution in [0.3, 0.4) is 0 Å². The van der Waals surface area contributed by atoms with Crippen LogP contribution in [0.25, 0.3) is 6.08 Å². The average Bonchev–Trinajstić information content (AvgIpc) is 2.56. The SMILES string of the molecule is O=C1NC(=O)N(c2ccc(Br)cc2)C(=O)C1=Cc1ccc(O)c(Br)c1. The molecule has 2 aromatic rings. The lowest BCUT2D eigenvalue weighted by atomic mass is 10.1. The van der Waals surface area contributed by atoms with Gasteiger partial charge in [-0.3, -0.25) is 14.9 Å². The molecule has 1 aliphatic rings. The highest BCUT2D eigenvalue weighted by Gasteiger charge is 2.36. The topological polar surface area (TPSA) is 86.7 Å². The first-order chi connectivity index (χ1) is 11.9. The van der Waals surface area contributed by atoms with Gasteiger partial charge < -0.3 is 5.11 Å². The van der Waals surface area contributed by atoms with Crippen LogP contribution in [0.4, 0.5) is 10.5 Å². The van der Waals surface area contributed by atoms with Gasteiger partial charge in [-0.1, -0.05) is 22.0 Å². The summed E-state index contributed by atoms with van der Waals surface area (Å²) in [6.07, 6.45) is 1.36. The number of anilines is 1. The third-order valence-electron chi connectivity index (χ3n) is 3.47. The van der Waals surface area contributed by atoms with Crippen LogP contribution < -0.4 is 10.2 Å². The minimum absolute atomic E-state index is 0.0354. The zero-order valence-corrected chi connectivity index (χ0v) is 15.7. The summed E-state index contributed by atoms with van der Waals surface area (Å²) in [5.41, 5.74) is 0.685. The monoisotopic (exact) mass is 464 g/mol. The summed E-state index contributed by atoms with van der Waals surface area (Å²) in [5.74, 6) is -1.46. The molecule has 25 heavy (non-hydrogen) atoms. The van der Waals surface area contributed by atoms with Crippen molar-refractivity contribution in [3.63, 3.8) is 0 Å². The van der Waals surface area contributed by atoms with E-state index in [9.17, 15) is 19.5 Å². The number of rotatable bonds is 2. The van der Waals surface area contributed by atoms with Gasteiger partial charge in [0.2, 0.25) is 0 Å². The number of nitrogens with zero attached hydrogens (tertiary/aromatic N) is 1. The Bertz CT molecular complexity index is 923. The highest BCUT2D eigenvalue weighted by molar-refractivity contribution is 9.10. The number of amides is 4. The number of halogens is 2. The van der Waals surface area contributed by atoms with E-state index in [1.165, 1.54) is 12.1 Å². The predicted molar refractivity (Wildman–Crippen MR) is 99.0 cm³/mol. The van der Waals surface area contributed by atoms with Crippen molar-refractivity contribution in [1.82, 2.24) is 5.32 Å². The van der Waals surface area contributed by atoms with E-state index in [2.05, 4.69) is 37.2 Å². The number of imide groups is 2. The van der Waals surface area contributed by atoms with Crippen molar-refractivity contribution < 1.29 is 19.5 Å².